The molecule has 4 heterocycles. The summed E-state index contributed by atoms with van der Waals surface area (Å²) in [4.78, 5) is 53.4. The third kappa shape index (κ3) is 5.02. The van der Waals surface area contributed by atoms with E-state index in [-0.39, 0.29) is 17.7 Å². The Balaban J connectivity index is 0.000000384. The Morgan fingerprint density at radius 3 is 2.19 bits per heavy atom. The van der Waals surface area contributed by atoms with Gasteiger partial charge in [0.2, 0.25) is 0 Å². The van der Waals surface area contributed by atoms with Gasteiger partial charge in [-0.25, -0.2) is 9.69 Å². The topological polar surface area (TPSA) is 132 Å². The summed E-state index contributed by atoms with van der Waals surface area (Å²) in [5, 5.41) is 9.97. The fraction of sp³-hybridized carbons (Fsp3) is 0.125. The summed E-state index contributed by atoms with van der Waals surface area (Å²) in [6, 6.07) is 12.8. The van der Waals surface area contributed by atoms with Gasteiger partial charge in [-0.1, -0.05) is 12.1 Å². The number of imide groups is 1. The van der Waals surface area contributed by atoms with E-state index in [0.717, 1.165) is 39.5 Å². The van der Waals surface area contributed by atoms with E-state index >= 15 is 0 Å². The normalized spacial score (nSPS) is 14.8. The zero-order valence-corrected chi connectivity index (χ0v) is 18.3. The average Bonchev–Trinajstić information content (AvgIpc) is 3.43. The van der Waals surface area contributed by atoms with Gasteiger partial charge in [0.15, 0.2) is 0 Å². The molecule has 3 N–H and O–H groups in total. The molecule has 1 aromatic carbocycles. The molecule has 0 radical (unpaired) electrons. The maximum atomic E-state index is 12.0. The SMILES string of the molecule is O=C(O)C(F)(F)F.O=C1NCCc2[nH]c(-c3ccnc(-c4ccc(N5C(=O)C=CC5=O)cc4)c3)cc21. The molecule has 0 atom stereocenters. The second-order valence-corrected chi connectivity index (χ2v) is 7.71. The largest absolute Gasteiger partial charge is 0.490 e. The molecule has 0 fully saturated rings. The van der Waals surface area contributed by atoms with Crippen molar-refractivity contribution in [1.29, 1.82) is 0 Å². The number of carboxylic acid groups (broad SMARTS) is 1. The van der Waals surface area contributed by atoms with Gasteiger partial charge < -0.3 is 15.4 Å². The number of pyridine rings is 1. The van der Waals surface area contributed by atoms with E-state index < -0.39 is 12.1 Å². The number of carbonyl (C=O) groups excluding carboxylic acids is 3. The lowest BCUT2D eigenvalue weighted by molar-refractivity contribution is -0.192. The van der Waals surface area contributed by atoms with Gasteiger partial charge in [0, 0.05) is 53.8 Å². The number of benzene rings is 1. The number of rotatable bonds is 3. The quantitative estimate of drug-likeness (QED) is 0.476. The van der Waals surface area contributed by atoms with Gasteiger partial charge >= 0.3 is 12.1 Å². The van der Waals surface area contributed by atoms with Crippen LogP contribution in [0.2, 0.25) is 0 Å². The van der Waals surface area contributed by atoms with Gasteiger partial charge in [0.25, 0.3) is 17.7 Å². The Hall–Kier alpha value is -4.74. The first-order valence-corrected chi connectivity index (χ1v) is 10.5. The molecule has 0 spiro atoms. The van der Waals surface area contributed by atoms with Gasteiger partial charge in [0.05, 0.1) is 16.9 Å². The van der Waals surface area contributed by atoms with Crippen LogP contribution < -0.4 is 10.2 Å². The zero-order chi connectivity index (χ0) is 26.0. The molecular weight excluding hydrogens is 481 g/mol. The predicted octanol–water partition coefficient (Wildman–Crippen LogP) is 3.09. The molecule has 0 unspecified atom stereocenters. The highest BCUT2D eigenvalue weighted by atomic mass is 19.4. The number of fused-ring (bicyclic) bond motifs is 1. The average molecular weight is 498 g/mol. The molecule has 36 heavy (non-hydrogen) atoms. The molecule has 0 bridgehead atoms. The van der Waals surface area contributed by atoms with Crippen molar-refractivity contribution in [3.05, 3.63) is 72.1 Å². The van der Waals surface area contributed by atoms with Crippen LogP contribution in [0.5, 0.6) is 0 Å². The molecule has 0 aliphatic carbocycles. The Morgan fingerprint density at radius 1 is 0.972 bits per heavy atom. The first-order valence-electron chi connectivity index (χ1n) is 10.5. The highest BCUT2D eigenvalue weighted by molar-refractivity contribution is 6.28. The van der Waals surface area contributed by atoms with Gasteiger partial charge in [0.1, 0.15) is 0 Å². The Bertz CT molecular complexity index is 1380. The number of aliphatic carboxylic acids is 1. The Morgan fingerprint density at radius 2 is 1.61 bits per heavy atom. The minimum Gasteiger partial charge on any atom is -0.475 e. The van der Waals surface area contributed by atoms with E-state index in [2.05, 4.69) is 15.3 Å². The lowest BCUT2D eigenvalue weighted by Gasteiger charge is -2.14. The summed E-state index contributed by atoms with van der Waals surface area (Å²) in [6.45, 7) is 0.636. The van der Waals surface area contributed by atoms with Crippen LogP contribution in [0.1, 0.15) is 16.1 Å². The van der Waals surface area contributed by atoms with E-state index in [1.54, 1.807) is 18.3 Å². The minimum absolute atomic E-state index is 0.0564. The van der Waals surface area contributed by atoms with E-state index in [0.29, 0.717) is 17.8 Å². The molecule has 3 amide bonds. The fourth-order valence-electron chi connectivity index (χ4n) is 3.64. The molecule has 2 aliphatic heterocycles. The number of hydrogen-bond acceptors (Lipinski definition) is 5. The third-order valence-corrected chi connectivity index (χ3v) is 5.35. The summed E-state index contributed by atoms with van der Waals surface area (Å²) in [5.41, 5.74) is 5.55. The molecule has 0 saturated heterocycles. The highest BCUT2D eigenvalue weighted by Crippen LogP contribution is 2.28. The van der Waals surface area contributed by atoms with Crippen molar-refractivity contribution >= 4 is 29.4 Å². The lowest BCUT2D eigenvalue weighted by atomic mass is 10.1. The van der Waals surface area contributed by atoms with Crippen molar-refractivity contribution < 1.29 is 37.5 Å². The number of nitrogens with zero attached hydrogens (tertiary/aromatic N) is 2. The Labute approximate surface area is 201 Å². The maximum absolute atomic E-state index is 12.0. The van der Waals surface area contributed by atoms with Gasteiger partial charge in [-0.2, -0.15) is 13.2 Å². The van der Waals surface area contributed by atoms with Crippen LogP contribution in [0.25, 0.3) is 22.5 Å². The maximum Gasteiger partial charge on any atom is 0.490 e. The summed E-state index contributed by atoms with van der Waals surface area (Å²) in [6.07, 6.45) is -0.0613. The number of halogens is 3. The number of H-pyrrole nitrogens is 1. The van der Waals surface area contributed by atoms with Crippen LogP contribution in [0.4, 0.5) is 18.9 Å². The van der Waals surface area contributed by atoms with Crippen molar-refractivity contribution in [3.63, 3.8) is 0 Å². The number of alkyl halides is 3. The van der Waals surface area contributed by atoms with Crippen LogP contribution in [-0.2, 0) is 20.8 Å². The van der Waals surface area contributed by atoms with E-state index in [1.165, 1.54) is 12.2 Å². The van der Waals surface area contributed by atoms with E-state index in [1.807, 2.05) is 30.3 Å². The zero-order valence-electron chi connectivity index (χ0n) is 18.3. The molecule has 2 aliphatic rings. The minimum atomic E-state index is -5.08. The Kier molecular flexibility index (Phi) is 6.43. The van der Waals surface area contributed by atoms with Crippen LogP contribution in [0.3, 0.4) is 0 Å². The highest BCUT2D eigenvalue weighted by Gasteiger charge is 2.38. The van der Waals surface area contributed by atoms with Crippen LogP contribution >= 0.6 is 0 Å². The van der Waals surface area contributed by atoms with Gasteiger partial charge in [-0.3, -0.25) is 19.4 Å². The molecule has 9 nitrogen and oxygen atoms in total. The van der Waals surface area contributed by atoms with Crippen molar-refractivity contribution in [2.24, 2.45) is 0 Å². The number of amides is 3. The molecule has 12 heteroatoms. The number of carboxylic acids is 1. The van der Waals surface area contributed by atoms with Crippen LogP contribution in [0, 0.1) is 0 Å². The van der Waals surface area contributed by atoms with Crippen molar-refractivity contribution in [3.8, 4) is 22.5 Å². The first-order chi connectivity index (χ1) is 17.0. The van der Waals surface area contributed by atoms with Gasteiger partial charge in [-0.15, -0.1) is 0 Å². The van der Waals surface area contributed by atoms with Crippen LogP contribution in [0.15, 0.2) is 60.8 Å². The molecular formula is C24H17F3N4O5. The van der Waals surface area contributed by atoms with Crippen molar-refractivity contribution in [2.75, 3.05) is 11.4 Å². The smallest absolute Gasteiger partial charge is 0.475 e. The number of aromatic amines is 1. The third-order valence-electron chi connectivity index (χ3n) is 5.35. The number of aromatic nitrogens is 2. The molecule has 184 valence electrons. The standard InChI is InChI=1S/C22H16N4O3.C2HF3O2/c27-20-5-6-21(28)26(20)15-3-1-13(2-4-15)18-11-14(7-9-23-18)19-12-16-17(25-19)8-10-24-22(16)29;3-2(4,5)1(6)7/h1-7,9,11-12,25H,8,10H2,(H,24,29);(H,6,7). The number of hydrogen-bond donors (Lipinski definition) is 3. The van der Waals surface area contributed by atoms with E-state index in [9.17, 15) is 27.6 Å². The second-order valence-electron chi connectivity index (χ2n) is 7.71. The molecule has 3 aromatic rings. The van der Waals surface area contributed by atoms with Crippen LogP contribution in [-0.4, -0.2) is 51.5 Å². The van der Waals surface area contributed by atoms with Crippen molar-refractivity contribution in [1.82, 2.24) is 15.3 Å². The predicted molar refractivity (Wildman–Crippen MR) is 121 cm³/mol. The number of nitrogens with one attached hydrogen (secondary N) is 2. The van der Waals surface area contributed by atoms with Crippen molar-refractivity contribution in [2.45, 2.75) is 12.6 Å². The summed E-state index contributed by atoms with van der Waals surface area (Å²) >= 11 is 0. The lowest BCUT2D eigenvalue weighted by Crippen LogP contribution is -2.31. The molecule has 5 rings (SSSR count). The van der Waals surface area contributed by atoms with Gasteiger partial charge in [-0.05, 0) is 30.3 Å². The second kappa shape index (κ2) is 9.49. The number of anilines is 1. The van der Waals surface area contributed by atoms with E-state index in [4.69, 9.17) is 9.90 Å². The summed E-state index contributed by atoms with van der Waals surface area (Å²) < 4.78 is 31.7. The number of carbonyl (C=O) groups is 4. The molecule has 0 saturated carbocycles. The molecule has 2 aromatic heterocycles. The fourth-order valence-corrected chi connectivity index (χ4v) is 3.64. The first kappa shape index (κ1) is 24.4. The summed E-state index contributed by atoms with van der Waals surface area (Å²) in [7, 11) is 0. The summed E-state index contributed by atoms with van der Waals surface area (Å²) in [5.74, 6) is -3.50. The monoisotopic (exact) mass is 498 g/mol.